The summed E-state index contributed by atoms with van der Waals surface area (Å²) in [6.07, 6.45) is -3.90. The van der Waals surface area contributed by atoms with Gasteiger partial charge in [-0.3, -0.25) is 29.4 Å². The van der Waals surface area contributed by atoms with E-state index in [2.05, 4.69) is 0 Å². The molecule has 96 valence electrons. The van der Waals surface area contributed by atoms with Crippen LogP contribution in [0.1, 0.15) is 43.1 Å². The largest absolute Gasteiger partial charge is 0.295 e. The van der Waals surface area contributed by atoms with Crippen LogP contribution in [0.2, 0.25) is 0 Å². The Morgan fingerprint density at radius 1 is 1.21 bits per heavy atom. The van der Waals surface area contributed by atoms with Gasteiger partial charge in [0.25, 0.3) is 11.8 Å². The second-order valence-corrected chi connectivity index (χ2v) is 3.78. The molecule has 0 bridgehead atoms. The van der Waals surface area contributed by atoms with Crippen LogP contribution in [0, 0.1) is 0 Å². The molecule has 0 spiro atoms. The summed E-state index contributed by atoms with van der Waals surface area (Å²) in [5, 5.41) is 1.70. The van der Waals surface area contributed by atoms with Gasteiger partial charge in [-0.15, -0.1) is 0 Å². The minimum absolute atomic E-state index is 0.0472. The van der Waals surface area contributed by atoms with Gasteiger partial charge in [-0.05, 0) is 18.5 Å². The van der Waals surface area contributed by atoms with Gasteiger partial charge in [-0.1, -0.05) is 12.1 Å². The predicted octanol–water partition coefficient (Wildman–Crippen LogP) is 0.0878. The van der Waals surface area contributed by atoms with Crippen molar-refractivity contribution in [3.05, 3.63) is 35.3 Å². The Morgan fingerprint density at radius 3 is 2.32 bits per heavy atom. The summed E-state index contributed by atoms with van der Waals surface area (Å²) in [4.78, 5) is 48.9. The fourth-order valence-electron chi connectivity index (χ4n) is 1.81. The van der Waals surface area contributed by atoms with E-state index < -0.39 is 77.7 Å². The van der Waals surface area contributed by atoms with Gasteiger partial charge >= 0.3 is 0 Å². The van der Waals surface area contributed by atoms with Crippen molar-refractivity contribution in [2.45, 2.75) is 18.8 Å². The summed E-state index contributed by atoms with van der Waals surface area (Å²) in [6, 6.07) is -6.40. The highest BCUT2D eigenvalue weighted by atomic mass is 16.2. The molecule has 1 aromatic carbocycles. The highest BCUT2D eigenvalue weighted by Gasteiger charge is 2.44. The van der Waals surface area contributed by atoms with Crippen LogP contribution in [-0.2, 0) is 9.59 Å². The number of hydrogen-bond acceptors (Lipinski definition) is 4. The topological polar surface area (TPSA) is 83.6 Å². The van der Waals surface area contributed by atoms with Crippen molar-refractivity contribution in [1.29, 1.82) is 0 Å². The van der Waals surface area contributed by atoms with E-state index >= 15 is 0 Å². The summed E-state index contributed by atoms with van der Waals surface area (Å²) in [6.45, 7) is 0. The first-order chi connectivity index (χ1) is 11.9. The number of carbonyl (C=O) groups excluding carboxylic acids is 4. The number of piperidine rings is 1. The molecule has 0 aliphatic carbocycles. The molecule has 19 heavy (non-hydrogen) atoms. The molecule has 1 N–H and O–H groups in total. The van der Waals surface area contributed by atoms with Gasteiger partial charge in [-0.2, -0.15) is 0 Å². The molecule has 2 aliphatic rings. The van der Waals surface area contributed by atoms with E-state index in [1.165, 1.54) is 0 Å². The lowest BCUT2D eigenvalue weighted by Crippen LogP contribution is -2.54. The lowest BCUT2D eigenvalue weighted by Gasteiger charge is -2.27. The molecule has 2 aliphatic heterocycles. The summed E-state index contributed by atoms with van der Waals surface area (Å²) < 4.78 is 54.7. The zero-order valence-electron chi connectivity index (χ0n) is 16.3. The highest BCUT2D eigenvalue weighted by molar-refractivity contribution is 6.23. The van der Waals surface area contributed by atoms with Crippen LogP contribution < -0.4 is 5.32 Å². The second kappa shape index (κ2) is 4.01. The van der Waals surface area contributed by atoms with Crippen LogP contribution in [0.3, 0.4) is 0 Å². The fraction of sp³-hybridized carbons (Fsp3) is 0.231. The van der Waals surface area contributed by atoms with Crippen molar-refractivity contribution in [1.82, 2.24) is 10.2 Å². The lowest BCUT2D eigenvalue weighted by molar-refractivity contribution is -0.136. The van der Waals surface area contributed by atoms with E-state index in [-0.39, 0.29) is 4.90 Å². The monoisotopic (exact) mass is 265 g/mol. The van der Waals surface area contributed by atoms with Crippen LogP contribution in [-0.4, -0.2) is 34.5 Å². The standard InChI is InChI=1S/C13H10N2O4/c16-10-6-5-9(11(17)14-10)15-12(18)7-3-1-2-4-8(7)13(15)19/h1-4,9H,5-6H2,(H,14,16,17)/t9-/m1/s1/i1D,2D,3D,4D,5D2,9D. The summed E-state index contributed by atoms with van der Waals surface area (Å²) in [5.41, 5.74) is -1.48. The molecule has 0 aromatic heterocycles. The quantitative estimate of drug-likeness (QED) is 0.729. The minimum Gasteiger partial charge on any atom is -0.295 e. The van der Waals surface area contributed by atoms with E-state index in [4.69, 9.17) is 9.60 Å². The van der Waals surface area contributed by atoms with E-state index in [0.29, 0.717) is 0 Å². The first kappa shape index (κ1) is 6.10. The molecule has 0 saturated carbocycles. The van der Waals surface area contributed by atoms with Crippen LogP contribution in [0.5, 0.6) is 0 Å². The highest BCUT2D eigenvalue weighted by Crippen LogP contribution is 2.26. The van der Waals surface area contributed by atoms with Gasteiger partial charge in [0.2, 0.25) is 11.8 Å². The number of benzene rings is 1. The molecule has 3 rings (SSSR count). The average molecular weight is 265 g/mol. The first-order valence-electron chi connectivity index (χ1n) is 8.69. The number of nitrogens with zero attached hydrogens (tertiary/aromatic N) is 1. The third-order valence-electron chi connectivity index (χ3n) is 2.63. The number of nitrogens with one attached hydrogen (secondary N) is 1. The van der Waals surface area contributed by atoms with Gasteiger partial charge in [0, 0.05) is 9.16 Å². The van der Waals surface area contributed by atoms with Crippen molar-refractivity contribution in [2.24, 2.45) is 0 Å². The molecule has 2 heterocycles. The zero-order valence-corrected chi connectivity index (χ0v) is 9.29. The van der Waals surface area contributed by atoms with E-state index in [0.717, 1.165) is 0 Å². The van der Waals surface area contributed by atoms with Gasteiger partial charge in [-0.25, -0.2) is 0 Å². The number of imide groups is 2. The molecule has 4 amide bonds. The number of amides is 4. The van der Waals surface area contributed by atoms with E-state index in [1.807, 2.05) is 0 Å². The molecule has 1 saturated heterocycles. The van der Waals surface area contributed by atoms with Gasteiger partial charge < -0.3 is 0 Å². The molecule has 0 radical (unpaired) electrons. The molecule has 1 fully saturated rings. The Bertz CT molecular complexity index is 885. The summed E-state index contributed by atoms with van der Waals surface area (Å²) in [5.74, 6) is -5.37. The second-order valence-electron chi connectivity index (χ2n) is 3.78. The Hall–Kier alpha value is -2.50. The van der Waals surface area contributed by atoms with Crippen molar-refractivity contribution in [3.8, 4) is 0 Å². The Balaban J connectivity index is 2.26. The van der Waals surface area contributed by atoms with Gasteiger partial charge in [0.15, 0.2) is 0 Å². The molecular weight excluding hydrogens is 248 g/mol. The molecule has 6 heteroatoms. The van der Waals surface area contributed by atoms with Crippen LogP contribution in [0.25, 0.3) is 0 Å². The number of carbonyl (C=O) groups is 4. The average Bonchev–Trinajstić information content (AvgIpc) is 2.79. The zero-order chi connectivity index (χ0) is 19.8. The Labute approximate surface area is 118 Å². The molecule has 0 unspecified atom stereocenters. The smallest absolute Gasteiger partial charge is 0.262 e. The third kappa shape index (κ3) is 1.64. The predicted molar refractivity (Wildman–Crippen MR) is 63.1 cm³/mol. The Kier molecular flexibility index (Phi) is 1.29. The van der Waals surface area contributed by atoms with Gasteiger partial charge in [0.1, 0.15) is 6.02 Å². The molecule has 1 aromatic rings. The van der Waals surface area contributed by atoms with Crippen LogP contribution in [0.4, 0.5) is 0 Å². The van der Waals surface area contributed by atoms with Crippen molar-refractivity contribution in [2.75, 3.05) is 0 Å². The first-order valence-corrected chi connectivity index (χ1v) is 5.19. The SMILES string of the molecule is [2H]c1c([2H])c([2H])c2c(c1[2H])C(=O)N([C@@]1([2H])C(=O)NC(=O)CC1([2H])[2H])C2=O. The van der Waals surface area contributed by atoms with E-state index in [1.54, 1.807) is 5.32 Å². The van der Waals surface area contributed by atoms with Crippen LogP contribution >= 0.6 is 0 Å². The van der Waals surface area contributed by atoms with E-state index in [9.17, 15) is 19.2 Å². The maximum absolute atomic E-state index is 12.7. The maximum Gasteiger partial charge on any atom is 0.262 e. The number of hydrogen-bond donors (Lipinski definition) is 1. The maximum atomic E-state index is 12.7. The van der Waals surface area contributed by atoms with Crippen molar-refractivity contribution >= 4 is 23.6 Å². The number of rotatable bonds is 1. The number of fused-ring (bicyclic) bond motifs is 1. The summed E-state index contributed by atoms with van der Waals surface area (Å²) in [7, 11) is 0. The van der Waals surface area contributed by atoms with Gasteiger partial charge in [0.05, 0.1) is 18.0 Å². The van der Waals surface area contributed by atoms with Crippen molar-refractivity contribution < 1.29 is 28.8 Å². The molecule has 6 nitrogen and oxygen atoms in total. The summed E-state index contributed by atoms with van der Waals surface area (Å²) >= 11 is 0. The van der Waals surface area contributed by atoms with Crippen LogP contribution in [0.15, 0.2) is 24.2 Å². The minimum atomic E-state index is -3.16. The molecular formula is C13H10N2O4. The van der Waals surface area contributed by atoms with Crippen molar-refractivity contribution in [3.63, 3.8) is 0 Å². The normalized spacial score (nSPS) is 34.3. The Morgan fingerprint density at radius 2 is 1.79 bits per heavy atom. The molecule has 1 atom stereocenters. The lowest BCUT2D eigenvalue weighted by atomic mass is 10.0. The third-order valence-corrected chi connectivity index (χ3v) is 2.63. The fourth-order valence-corrected chi connectivity index (χ4v) is 1.81.